The van der Waals surface area contributed by atoms with Crippen molar-refractivity contribution in [2.45, 2.75) is 168 Å². The van der Waals surface area contributed by atoms with Gasteiger partial charge in [0.2, 0.25) is 11.8 Å². The maximum absolute atomic E-state index is 17.0. The molecule has 3 fully saturated rings. The number of oxime groups is 1. The second-order valence-electron chi connectivity index (χ2n) is 19.3. The lowest BCUT2D eigenvalue weighted by atomic mass is 9.68. The monoisotopic (exact) mass is 959 g/mol. The predicted molar refractivity (Wildman–Crippen MR) is 250 cm³/mol. The number of ether oxygens (including phenoxy) is 4. The van der Waals surface area contributed by atoms with Crippen molar-refractivity contribution in [3.63, 3.8) is 0 Å². The Morgan fingerprint density at radius 3 is 2.46 bits per heavy atom. The summed E-state index contributed by atoms with van der Waals surface area (Å²) in [6, 6.07) is 2.47. The van der Waals surface area contributed by atoms with E-state index >= 15 is 4.39 Å². The standard InChI is InChI=1S/C47H70FN7O11S/c1-13-35-47(10,61)33-17-16-32(54-63-22-31-15-14-30(20-50-31)42-53-36(23-67-42)52-41(59)28(6)49)21-62-45(8,19-24(2)37(26(33)4)51-29(7)56)40(27(5)39(58)46(9,48)44(60)65-35)66-43-38(57)34(55(11)12)18-25(3)64-43/h14-15,20,23-28,33-35,38,40,43,57,61H,13,16-19,21-22,49H2,1-12H3,(H,52,59)/b51-37+,54-32+/t24-,25-,26-,27+,28+,33-,34+,35-,38-,40-,43+,45-,46+,47+/m1/s1. The number of halogens is 1. The van der Waals surface area contributed by atoms with E-state index in [2.05, 4.69) is 25.4 Å². The molecule has 67 heavy (non-hydrogen) atoms. The first-order valence-electron chi connectivity index (χ1n) is 23.0. The van der Waals surface area contributed by atoms with Gasteiger partial charge in [0.05, 0.1) is 41.9 Å². The molecular formula is C47H70FN7O11S. The maximum Gasteiger partial charge on any atom is 0.351 e. The number of amides is 2. The Labute approximate surface area is 396 Å². The van der Waals surface area contributed by atoms with Crippen LogP contribution in [0.2, 0.25) is 0 Å². The number of Topliss-reactive ketones (excluding diaryl/α,β-unsaturated/α-hetero) is 1. The molecule has 5 heterocycles. The number of pyridine rings is 1. The highest BCUT2D eigenvalue weighted by molar-refractivity contribution is 7.13. The molecule has 2 amide bonds. The summed E-state index contributed by atoms with van der Waals surface area (Å²) in [6.45, 7) is 15.3. The fraction of sp³-hybridized carbons (Fsp3) is 0.702. The first-order valence-corrected chi connectivity index (χ1v) is 23.9. The second-order valence-corrected chi connectivity index (χ2v) is 20.2. The normalized spacial score (nSPS) is 36.4. The van der Waals surface area contributed by atoms with Crippen molar-refractivity contribution < 1.29 is 57.6 Å². The van der Waals surface area contributed by atoms with Crippen molar-refractivity contribution >= 4 is 52.1 Å². The number of anilines is 1. The Hall–Kier alpha value is -4.15. The van der Waals surface area contributed by atoms with Crippen LogP contribution in [-0.2, 0) is 49.6 Å². The third kappa shape index (κ3) is 12.6. The van der Waals surface area contributed by atoms with E-state index in [1.165, 1.54) is 32.1 Å². The molecule has 0 unspecified atom stereocenters. The molecular weight excluding hydrogens is 890 g/mol. The minimum absolute atomic E-state index is 0.0320. The summed E-state index contributed by atoms with van der Waals surface area (Å²) in [4.78, 5) is 74.7. The van der Waals surface area contributed by atoms with Gasteiger partial charge in [0.25, 0.3) is 5.67 Å². The van der Waals surface area contributed by atoms with Gasteiger partial charge in [-0.05, 0) is 105 Å². The van der Waals surface area contributed by atoms with E-state index in [4.69, 9.17) is 29.5 Å². The molecule has 2 aromatic heterocycles. The van der Waals surface area contributed by atoms with Crippen molar-refractivity contribution in [2.24, 2.45) is 39.6 Å². The van der Waals surface area contributed by atoms with Crippen LogP contribution in [0, 0.1) is 23.7 Å². The summed E-state index contributed by atoms with van der Waals surface area (Å²) < 4.78 is 42.6. The van der Waals surface area contributed by atoms with Crippen LogP contribution in [-0.4, -0.2) is 140 Å². The van der Waals surface area contributed by atoms with Gasteiger partial charge in [0, 0.05) is 47.7 Å². The number of carbonyl (C=O) groups excluding carboxylic acids is 4. The van der Waals surface area contributed by atoms with Crippen LogP contribution in [0.15, 0.2) is 33.9 Å². The molecule has 0 aromatic carbocycles. The van der Waals surface area contributed by atoms with Crippen LogP contribution >= 0.6 is 11.3 Å². The molecule has 0 radical (unpaired) electrons. The van der Waals surface area contributed by atoms with Crippen LogP contribution in [0.25, 0.3) is 10.6 Å². The van der Waals surface area contributed by atoms with E-state index in [1.54, 1.807) is 38.4 Å². The number of likely N-dealkylation sites (N-methyl/N-ethyl adjacent to an activating group) is 1. The molecule has 18 nitrogen and oxygen atoms in total. The lowest BCUT2D eigenvalue weighted by Gasteiger charge is -2.48. The number of nitrogens with one attached hydrogen (secondary N) is 1. The van der Waals surface area contributed by atoms with Gasteiger partial charge in [-0.1, -0.05) is 32.9 Å². The predicted octanol–water partition coefficient (Wildman–Crippen LogP) is 5.03. The number of hydrogen-bond acceptors (Lipinski definition) is 17. The highest BCUT2D eigenvalue weighted by Gasteiger charge is 2.56. The number of aliphatic imine (C=N–C) groups is 1. The number of nitrogens with zero attached hydrogens (tertiary/aromatic N) is 5. The van der Waals surface area contributed by atoms with Crippen molar-refractivity contribution in [1.29, 1.82) is 0 Å². The quantitative estimate of drug-likeness (QED) is 0.139. The molecule has 20 heteroatoms. The molecule has 0 spiro atoms. The van der Waals surface area contributed by atoms with E-state index in [1.807, 2.05) is 45.8 Å². The SMILES string of the molecule is CC[C@H]1OC(=O)[C@@](C)(F)C(=O)[C@H](C)[C@@H](O[C@@H]2O[C@H](C)C[C@H](N(C)C)[C@H]2O)[C@@]2(C)C[C@@H](C)/C(=N\C(C)=O)[C@H](C)[C@@H](CC/C(=N\OCc3ccc(-c4nc(NC(=O)[C@H](C)N)cs4)cn3)CO2)[C@]1(C)O. The topological polar surface area (TPSA) is 247 Å². The van der Waals surface area contributed by atoms with Gasteiger partial charge in [0.1, 0.15) is 28.6 Å². The first kappa shape index (κ1) is 53.8. The van der Waals surface area contributed by atoms with Gasteiger partial charge in [-0.2, -0.15) is 0 Å². The molecule has 14 atom stereocenters. The molecule has 0 saturated carbocycles. The van der Waals surface area contributed by atoms with Crippen LogP contribution in [0.1, 0.15) is 107 Å². The van der Waals surface area contributed by atoms with E-state index in [0.717, 1.165) is 6.92 Å². The van der Waals surface area contributed by atoms with E-state index in [-0.39, 0.29) is 50.9 Å². The Morgan fingerprint density at radius 2 is 1.85 bits per heavy atom. The molecule has 5 N–H and O–H groups in total. The number of aromatic nitrogens is 2. The number of alkyl halides is 1. The summed E-state index contributed by atoms with van der Waals surface area (Å²) in [5, 5.41) is 33.8. The number of esters is 1. The number of aliphatic hydroxyl groups is 2. The minimum atomic E-state index is -3.20. The Morgan fingerprint density at radius 1 is 1.15 bits per heavy atom. The van der Waals surface area contributed by atoms with Crippen LogP contribution in [0.5, 0.6) is 0 Å². The second kappa shape index (κ2) is 22.1. The van der Waals surface area contributed by atoms with Gasteiger partial charge in [-0.25, -0.2) is 19.2 Å². The average molecular weight is 960 g/mol. The molecule has 2 aromatic rings. The van der Waals surface area contributed by atoms with Crippen molar-refractivity contribution in [2.75, 3.05) is 26.0 Å². The van der Waals surface area contributed by atoms with Gasteiger partial charge >= 0.3 is 5.97 Å². The van der Waals surface area contributed by atoms with Crippen molar-refractivity contribution in [3.05, 3.63) is 29.4 Å². The molecule has 372 valence electrons. The van der Waals surface area contributed by atoms with Gasteiger partial charge in [-0.15, -0.1) is 11.3 Å². The van der Waals surface area contributed by atoms with E-state index < -0.39 is 94.9 Å². The number of fused-ring (bicyclic) bond motifs is 5. The maximum atomic E-state index is 17.0. The summed E-state index contributed by atoms with van der Waals surface area (Å²) in [5.41, 5.74) is 1.12. The summed E-state index contributed by atoms with van der Waals surface area (Å²) in [6.07, 6.45) is -3.07. The number of carbonyl (C=O) groups is 4. The zero-order chi connectivity index (χ0) is 49.8. The highest BCUT2D eigenvalue weighted by Crippen LogP contribution is 2.43. The van der Waals surface area contributed by atoms with E-state index in [9.17, 15) is 29.4 Å². The van der Waals surface area contributed by atoms with Crippen LogP contribution in [0.4, 0.5) is 10.2 Å². The fourth-order valence-electron chi connectivity index (χ4n) is 9.66. The lowest BCUT2D eigenvalue weighted by Crippen LogP contribution is -2.61. The van der Waals surface area contributed by atoms with Crippen LogP contribution in [0.3, 0.4) is 0 Å². The first-order chi connectivity index (χ1) is 31.3. The van der Waals surface area contributed by atoms with Gasteiger partial charge in [-0.3, -0.25) is 19.4 Å². The number of aliphatic hydroxyl groups excluding tert-OH is 1. The third-order valence-corrected chi connectivity index (χ3v) is 14.3. The number of nitrogens with two attached hydrogens (primary N) is 1. The van der Waals surface area contributed by atoms with Crippen molar-refractivity contribution in [3.8, 4) is 10.6 Å². The molecule has 0 aliphatic carbocycles. The summed E-state index contributed by atoms with van der Waals surface area (Å²) in [7, 11) is 3.64. The van der Waals surface area contributed by atoms with E-state index in [0.29, 0.717) is 39.9 Å². The van der Waals surface area contributed by atoms with Gasteiger partial charge < -0.3 is 49.9 Å². The number of rotatable bonds is 10. The number of thiazole rings is 1. The summed E-state index contributed by atoms with van der Waals surface area (Å²) >= 11 is 1.33. The summed E-state index contributed by atoms with van der Waals surface area (Å²) in [5.74, 6) is -6.52. The Kier molecular flexibility index (Phi) is 17.7. The number of hydrogen-bond donors (Lipinski definition) is 4. The number of cyclic esters (lactones) is 1. The molecule has 3 saturated heterocycles. The van der Waals surface area contributed by atoms with Crippen LogP contribution < -0.4 is 11.1 Å². The van der Waals surface area contributed by atoms with Gasteiger partial charge in [0.15, 0.2) is 18.7 Å². The fourth-order valence-corrected chi connectivity index (χ4v) is 10.4. The zero-order valence-corrected chi connectivity index (χ0v) is 41.6. The Balaban J connectivity index is 1.59. The molecule has 5 rings (SSSR count). The largest absolute Gasteiger partial charge is 0.457 e. The molecule has 2 bridgehead atoms. The average Bonchev–Trinajstić information content (AvgIpc) is 3.72. The minimum Gasteiger partial charge on any atom is -0.457 e. The smallest absolute Gasteiger partial charge is 0.351 e. The highest BCUT2D eigenvalue weighted by atomic mass is 32.1. The number of ketones is 1. The Bertz CT molecular complexity index is 2130. The lowest BCUT2D eigenvalue weighted by molar-refractivity contribution is -0.296. The molecule has 3 aliphatic heterocycles. The van der Waals surface area contributed by atoms with Crippen molar-refractivity contribution in [1.82, 2.24) is 14.9 Å². The molecule has 3 aliphatic rings. The third-order valence-electron chi connectivity index (χ3n) is 13.4. The zero-order valence-electron chi connectivity index (χ0n) is 40.8.